The second-order valence-corrected chi connectivity index (χ2v) is 6.06. The van der Waals surface area contributed by atoms with E-state index in [0.717, 1.165) is 4.47 Å². The highest BCUT2D eigenvalue weighted by atomic mass is 79.9. The first-order valence-electron chi connectivity index (χ1n) is 3.58. The largest absolute Gasteiger partial charge is 0.244 e. The quantitative estimate of drug-likeness (QED) is 0.650. The van der Waals surface area contributed by atoms with E-state index in [-0.39, 0.29) is 5.75 Å². The molecule has 8 heteroatoms. The van der Waals surface area contributed by atoms with E-state index in [1.165, 1.54) is 18.1 Å². The third-order valence-corrected chi connectivity index (χ3v) is 4.12. The Bertz CT molecular complexity index is 409. The minimum atomic E-state index is -3.39. The van der Waals surface area contributed by atoms with Gasteiger partial charge in [-0.3, -0.25) is 0 Å². The van der Waals surface area contributed by atoms with Crippen LogP contribution in [0.25, 0.3) is 0 Å². The number of primary sulfonamides is 1. The van der Waals surface area contributed by atoms with Crippen LogP contribution in [0.1, 0.15) is 0 Å². The maximum atomic E-state index is 10.6. The van der Waals surface area contributed by atoms with Gasteiger partial charge in [-0.25, -0.2) is 23.5 Å². The van der Waals surface area contributed by atoms with Gasteiger partial charge < -0.3 is 0 Å². The molecule has 1 aromatic rings. The Morgan fingerprint density at radius 1 is 1.57 bits per heavy atom. The number of nitrogens with zero attached hydrogens (tertiary/aromatic N) is 2. The van der Waals surface area contributed by atoms with Gasteiger partial charge in [0.1, 0.15) is 11.4 Å². The topological polar surface area (TPSA) is 85.9 Å². The lowest BCUT2D eigenvalue weighted by Gasteiger charge is -2.00. The van der Waals surface area contributed by atoms with Crippen molar-refractivity contribution < 1.29 is 8.42 Å². The molecule has 1 heterocycles. The Labute approximate surface area is 94.7 Å². The lowest BCUT2D eigenvalue weighted by molar-refractivity contribution is 0.599. The van der Waals surface area contributed by atoms with Crippen LogP contribution in [0.5, 0.6) is 0 Å². The molecule has 0 aromatic carbocycles. The van der Waals surface area contributed by atoms with Crippen molar-refractivity contribution in [2.24, 2.45) is 5.14 Å². The maximum Gasteiger partial charge on any atom is 0.209 e. The molecule has 1 rings (SSSR count). The number of aromatic nitrogens is 2. The Kier molecular flexibility index (Phi) is 4.30. The van der Waals surface area contributed by atoms with Crippen LogP contribution in [0, 0.1) is 0 Å². The van der Waals surface area contributed by atoms with Crippen LogP contribution >= 0.6 is 27.7 Å². The molecule has 0 aliphatic carbocycles. The highest BCUT2D eigenvalue weighted by Gasteiger charge is 2.05. The van der Waals surface area contributed by atoms with E-state index in [1.807, 2.05) is 0 Å². The molecule has 5 nitrogen and oxygen atoms in total. The smallest absolute Gasteiger partial charge is 0.209 e. The van der Waals surface area contributed by atoms with Crippen molar-refractivity contribution in [3.8, 4) is 0 Å². The number of sulfonamides is 1. The zero-order chi connectivity index (χ0) is 10.6. The van der Waals surface area contributed by atoms with Crippen molar-refractivity contribution in [1.82, 2.24) is 9.97 Å². The Morgan fingerprint density at radius 3 is 2.86 bits per heavy atom. The lowest BCUT2D eigenvalue weighted by Crippen LogP contribution is -2.17. The lowest BCUT2D eigenvalue weighted by atomic mass is 10.7. The van der Waals surface area contributed by atoms with Gasteiger partial charge >= 0.3 is 0 Å². The number of rotatable bonds is 4. The number of hydrogen-bond acceptors (Lipinski definition) is 5. The first kappa shape index (κ1) is 11.9. The van der Waals surface area contributed by atoms with Gasteiger partial charge in [-0.1, -0.05) is 0 Å². The molecule has 0 radical (unpaired) electrons. The van der Waals surface area contributed by atoms with Crippen LogP contribution in [0.3, 0.4) is 0 Å². The molecule has 14 heavy (non-hydrogen) atoms. The average molecular weight is 298 g/mol. The van der Waals surface area contributed by atoms with Crippen LogP contribution in [0.15, 0.2) is 22.0 Å². The van der Waals surface area contributed by atoms with Crippen LogP contribution in [-0.4, -0.2) is 29.9 Å². The van der Waals surface area contributed by atoms with Gasteiger partial charge in [-0.05, 0) is 15.9 Å². The molecule has 78 valence electrons. The summed E-state index contributed by atoms with van der Waals surface area (Å²) >= 11 is 4.57. The zero-order valence-corrected chi connectivity index (χ0v) is 10.3. The number of nitrogens with two attached hydrogens (primary N) is 1. The van der Waals surface area contributed by atoms with Gasteiger partial charge in [-0.2, -0.15) is 0 Å². The molecule has 0 amide bonds. The van der Waals surface area contributed by atoms with E-state index >= 15 is 0 Å². The van der Waals surface area contributed by atoms with E-state index < -0.39 is 10.0 Å². The summed E-state index contributed by atoms with van der Waals surface area (Å²) in [5.74, 6) is 0.322. The van der Waals surface area contributed by atoms with Gasteiger partial charge in [-0.15, -0.1) is 11.8 Å². The predicted molar refractivity (Wildman–Crippen MR) is 58.4 cm³/mol. The molecule has 0 atom stereocenters. The van der Waals surface area contributed by atoms with Crippen LogP contribution in [-0.2, 0) is 10.0 Å². The van der Waals surface area contributed by atoms with Gasteiger partial charge in [0.05, 0.1) is 10.2 Å². The zero-order valence-electron chi connectivity index (χ0n) is 7.05. The van der Waals surface area contributed by atoms with Crippen molar-refractivity contribution in [1.29, 1.82) is 0 Å². The summed E-state index contributed by atoms with van der Waals surface area (Å²) in [4.78, 5) is 7.75. The standard InChI is InChI=1S/C6H8BrN3O2S2/c7-5-3-9-4-10-6(5)13-1-2-14(8,11)12/h3-4H,1-2H2,(H2,8,11,12). The second kappa shape index (κ2) is 5.06. The Balaban J connectivity index is 2.51. The maximum absolute atomic E-state index is 10.6. The van der Waals surface area contributed by atoms with Crippen molar-refractivity contribution in [3.63, 3.8) is 0 Å². The molecule has 0 bridgehead atoms. The fraction of sp³-hybridized carbons (Fsp3) is 0.333. The van der Waals surface area contributed by atoms with E-state index in [1.54, 1.807) is 6.20 Å². The number of thioether (sulfide) groups is 1. The normalized spacial score (nSPS) is 11.6. The monoisotopic (exact) mass is 297 g/mol. The molecule has 1 aromatic heterocycles. The van der Waals surface area contributed by atoms with Gasteiger partial charge in [0.25, 0.3) is 0 Å². The Hall–Kier alpha value is -0.180. The molecule has 0 fully saturated rings. The second-order valence-electron chi connectivity index (χ2n) is 2.39. The van der Waals surface area contributed by atoms with E-state index in [4.69, 9.17) is 5.14 Å². The molecule has 0 spiro atoms. The van der Waals surface area contributed by atoms with Gasteiger partial charge in [0, 0.05) is 11.9 Å². The Morgan fingerprint density at radius 2 is 2.29 bits per heavy atom. The van der Waals surface area contributed by atoms with Crippen molar-refractivity contribution >= 4 is 37.7 Å². The molecular formula is C6H8BrN3O2S2. The molecule has 0 saturated heterocycles. The molecule has 0 saturated carbocycles. The molecule has 0 aliphatic rings. The molecular weight excluding hydrogens is 290 g/mol. The fourth-order valence-electron chi connectivity index (χ4n) is 0.662. The van der Waals surface area contributed by atoms with Gasteiger partial charge in [0.15, 0.2) is 0 Å². The van der Waals surface area contributed by atoms with Crippen molar-refractivity contribution in [2.75, 3.05) is 11.5 Å². The predicted octanol–water partition coefficient (Wildman–Crippen LogP) is 0.620. The first-order chi connectivity index (χ1) is 6.49. The minimum absolute atomic E-state index is 0.0614. The SMILES string of the molecule is NS(=O)(=O)CCSc1ncncc1Br. The fourth-order valence-corrected chi connectivity index (χ4v) is 2.99. The summed E-state index contributed by atoms with van der Waals surface area (Å²) in [6.45, 7) is 0. The summed E-state index contributed by atoms with van der Waals surface area (Å²) < 4.78 is 22.0. The summed E-state index contributed by atoms with van der Waals surface area (Å²) in [7, 11) is -3.39. The molecule has 2 N–H and O–H groups in total. The summed E-state index contributed by atoms with van der Waals surface area (Å²) in [6, 6.07) is 0. The first-order valence-corrected chi connectivity index (χ1v) is 7.07. The van der Waals surface area contributed by atoms with Crippen molar-refractivity contribution in [3.05, 3.63) is 17.0 Å². The average Bonchev–Trinajstić information content (AvgIpc) is 2.06. The van der Waals surface area contributed by atoms with Crippen LogP contribution < -0.4 is 5.14 Å². The molecule has 0 unspecified atom stereocenters. The third kappa shape index (κ3) is 4.36. The minimum Gasteiger partial charge on any atom is -0.244 e. The highest BCUT2D eigenvalue weighted by molar-refractivity contribution is 9.10. The summed E-state index contributed by atoms with van der Waals surface area (Å²) in [6.07, 6.45) is 3.01. The third-order valence-electron chi connectivity index (χ3n) is 1.24. The van der Waals surface area contributed by atoms with E-state index in [9.17, 15) is 8.42 Å². The number of halogens is 1. The van der Waals surface area contributed by atoms with E-state index in [2.05, 4.69) is 25.9 Å². The molecule has 0 aliphatic heterocycles. The van der Waals surface area contributed by atoms with Crippen LogP contribution in [0.4, 0.5) is 0 Å². The summed E-state index contributed by atoms with van der Waals surface area (Å²) in [5.41, 5.74) is 0. The van der Waals surface area contributed by atoms with Crippen molar-refractivity contribution in [2.45, 2.75) is 5.03 Å². The number of hydrogen-bond donors (Lipinski definition) is 1. The highest BCUT2D eigenvalue weighted by Crippen LogP contribution is 2.23. The van der Waals surface area contributed by atoms with Crippen LogP contribution in [0.2, 0.25) is 0 Å². The van der Waals surface area contributed by atoms with Gasteiger partial charge in [0.2, 0.25) is 10.0 Å². The summed E-state index contributed by atoms with van der Waals surface area (Å²) in [5, 5.41) is 5.56. The van der Waals surface area contributed by atoms with E-state index in [0.29, 0.717) is 10.8 Å².